The maximum absolute atomic E-state index is 12.5. The Bertz CT molecular complexity index is 882. The van der Waals surface area contributed by atoms with Gasteiger partial charge in [0, 0.05) is 18.8 Å². The van der Waals surface area contributed by atoms with Gasteiger partial charge in [-0.3, -0.25) is 4.79 Å². The third kappa shape index (κ3) is 5.45. The van der Waals surface area contributed by atoms with Crippen molar-refractivity contribution >= 4 is 29.2 Å². The van der Waals surface area contributed by atoms with Gasteiger partial charge in [0.1, 0.15) is 0 Å². The van der Waals surface area contributed by atoms with Crippen LogP contribution in [0.5, 0.6) is 11.5 Å². The quantitative estimate of drug-likeness (QED) is 0.471. The van der Waals surface area contributed by atoms with Gasteiger partial charge >= 0.3 is 5.97 Å². The molecule has 0 bridgehead atoms. The predicted octanol–water partition coefficient (Wildman–Crippen LogP) is 1.29. The summed E-state index contributed by atoms with van der Waals surface area (Å²) in [4.78, 5) is 26.6. The molecule has 2 N–H and O–H groups in total. The number of esters is 1. The van der Waals surface area contributed by atoms with Crippen LogP contribution in [0.4, 0.5) is 0 Å². The molecule has 0 spiro atoms. The summed E-state index contributed by atoms with van der Waals surface area (Å²) < 4.78 is 21.7. The van der Waals surface area contributed by atoms with E-state index in [2.05, 4.69) is 10.6 Å². The van der Waals surface area contributed by atoms with Gasteiger partial charge in [-0.25, -0.2) is 4.79 Å². The average molecular weight is 450 g/mol. The Hall–Kier alpha value is -2.85. The molecular formula is C21H27N3O6S. The van der Waals surface area contributed by atoms with Crippen molar-refractivity contribution in [2.24, 2.45) is 0 Å². The summed E-state index contributed by atoms with van der Waals surface area (Å²) in [6, 6.07) is 4.76. The maximum Gasteiger partial charge on any atom is 0.338 e. The number of methoxy groups -OCH3 is 1. The zero-order valence-corrected chi connectivity index (χ0v) is 18.7. The first-order valence-electron chi connectivity index (χ1n) is 10.1. The maximum atomic E-state index is 12.5. The van der Waals surface area contributed by atoms with Gasteiger partial charge in [-0.05, 0) is 43.8 Å². The van der Waals surface area contributed by atoms with Crippen molar-refractivity contribution in [3.8, 4) is 11.5 Å². The van der Waals surface area contributed by atoms with Crippen LogP contribution in [0.15, 0.2) is 29.5 Å². The SMILES string of the molecule is CCOC(=O)C1=C(C)NC(=S)NC1c1ccc(OCC(=O)N2CCOCC2)c(OC)c1. The summed E-state index contributed by atoms with van der Waals surface area (Å²) in [5, 5.41) is 6.48. The zero-order chi connectivity index (χ0) is 22.4. The number of thiocarbonyl (C=S) groups is 1. The van der Waals surface area contributed by atoms with Crippen molar-refractivity contribution in [2.45, 2.75) is 19.9 Å². The van der Waals surface area contributed by atoms with Crippen LogP contribution in [0.3, 0.4) is 0 Å². The summed E-state index contributed by atoms with van der Waals surface area (Å²) in [7, 11) is 1.52. The van der Waals surface area contributed by atoms with Crippen molar-refractivity contribution in [3.63, 3.8) is 0 Å². The lowest BCUT2D eigenvalue weighted by molar-refractivity contribution is -0.139. The number of allylic oxidation sites excluding steroid dienone is 1. The number of ether oxygens (including phenoxy) is 4. The van der Waals surface area contributed by atoms with E-state index in [1.54, 1.807) is 36.9 Å². The molecule has 2 aliphatic heterocycles. The van der Waals surface area contributed by atoms with Gasteiger partial charge < -0.3 is 34.5 Å². The Kier molecular flexibility index (Phi) is 7.69. The number of morpholine rings is 1. The van der Waals surface area contributed by atoms with E-state index in [9.17, 15) is 9.59 Å². The summed E-state index contributed by atoms with van der Waals surface area (Å²) in [5.41, 5.74) is 1.81. The van der Waals surface area contributed by atoms with Crippen molar-refractivity contribution in [2.75, 3.05) is 46.6 Å². The molecule has 1 aromatic carbocycles. The van der Waals surface area contributed by atoms with Gasteiger partial charge in [0.25, 0.3) is 5.91 Å². The van der Waals surface area contributed by atoms with E-state index in [0.717, 1.165) is 5.56 Å². The number of rotatable bonds is 7. The number of nitrogens with one attached hydrogen (secondary N) is 2. The van der Waals surface area contributed by atoms with Crippen molar-refractivity contribution in [1.82, 2.24) is 15.5 Å². The number of benzene rings is 1. The molecule has 1 atom stereocenters. The fraction of sp³-hybridized carbons (Fsp3) is 0.476. The van der Waals surface area contributed by atoms with Crippen molar-refractivity contribution in [1.29, 1.82) is 0 Å². The zero-order valence-electron chi connectivity index (χ0n) is 17.9. The van der Waals surface area contributed by atoms with Crippen LogP contribution in [-0.2, 0) is 19.1 Å². The molecule has 10 heteroatoms. The van der Waals surface area contributed by atoms with E-state index in [4.69, 9.17) is 31.2 Å². The molecular weight excluding hydrogens is 422 g/mol. The Morgan fingerprint density at radius 2 is 2.00 bits per heavy atom. The lowest BCUT2D eigenvalue weighted by Gasteiger charge is -2.30. The number of carbonyl (C=O) groups excluding carboxylic acids is 2. The number of hydrogen-bond donors (Lipinski definition) is 2. The van der Waals surface area contributed by atoms with E-state index >= 15 is 0 Å². The Labute approximate surface area is 186 Å². The largest absolute Gasteiger partial charge is 0.493 e. The van der Waals surface area contributed by atoms with Crippen LogP contribution >= 0.6 is 12.2 Å². The van der Waals surface area contributed by atoms with Crippen LogP contribution in [-0.4, -0.2) is 68.5 Å². The molecule has 3 rings (SSSR count). The second kappa shape index (κ2) is 10.5. The van der Waals surface area contributed by atoms with Gasteiger partial charge in [-0.15, -0.1) is 0 Å². The monoisotopic (exact) mass is 449 g/mol. The number of carbonyl (C=O) groups is 2. The summed E-state index contributed by atoms with van der Waals surface area (Å²) >= 11 is 5.27. The molecule has 0 aromatic heterocycles. The Morgan fingerprint density at radius 3 is 2.68 bits per heavy atom. The van der Waals surface area contributed by atoms with Crippen molar-refractivity contribution < 1.29 is 28.5 Å². The second-order valence-corrected chi connectivity index (χ2v) is 7.39. The average Bonchev–Trinajstić information content (AvgIpc) is 2.77. The smallest absolute Gasteiger partial charge is 0.338 e. The standard InChI is InChI=1S/C21H27N3O6S/c1-4-29-20(26)18-13(2)22-21(31)23-19(18)14-5-6-15(16(11-14)27-3)30-12-17(25)24-7-9-28-10-8-24/h5-6,11,19H,4,7-10,12H2,1-3H3,(H2,22,23,31). The van der Waals surface area contributed by atoms with Gasteiger partial charge in [-0.1, -0.05) is 6.07 Å². The normalized spacial score (nSPS) is 18.7. The molecule has 2 heterocycles. The molecule has 1 unspecified atom stereocenters. The van der Waals surface area contributed by atoms with E-state index in [1.165, 1.54) is 7.11 Å². The van der Waals surface area contributed by atoms with Crippen LogP contribution in [0.1, 0.15) is 25.5 Å². The van der Waals surface area contributed by atoms with Crippen LogP contribution < -0.4 is 20.1 Å². The number of nitrogens with zero attached hydrogens (tertiary/aromatic N) is 1. The molecule has 0 saturated carbocycles. The highest BCUT2D eigenvalue weighted by Gasteiger charge is 2.31. The fourth-order valence-electron chi connectivity index (χ4n) is 3.45. The van der Waals surface area contributed by atoms with Gasteiger partial charge in [0.2, 0.25) is 0 Å². The van der Waals surface area contributed by atoms with Crippen LogP contribution in [0.2, 0.25) is 0 Å². The Morgan fingerprint density at radius 1 is 1.26 bits per heavy atom. The molecule has 9 nitrogen and oxygen atoms in total. The van der Waals surface area contributed by atoms with Gasteiger partial charge in [0.15, 0.2) is 23.2 Å². The molecule has 1 aromatic rings. The van der Waals surface area contributed by atoms with E-state index in [-0.39, 0.29) is 19.1 Å². The summed E-state index contributed by atoms with van der Waals surface area (Å²) in [5.74, 6) is 0.341. The molecule has 31 heavy (non-hydrogen) atoms. The van der Waals surface area contributed by atoms with E-state index in [0.29, 0.717) is 54.2 Å². The fourth-order valence-corrected chi connectivity index (χ4v) is 3.72. The first kappa shape index (κ1) is 22.8. The second-order valence-electron chi connectivity index (χ2n) is 6.98. The Balaban J connectivity index is 1.79. The van der Waals surface area contributed by atoms with Gasteiger partial charge in [-0.2, -0.15) is 0 Å². The first-order valence-corrected chi connectivity index (χ1v) is 10.5. The lowest BCUT2D eigenvalue weighted by atomic mass is 9.95. The minimum Gasteiger partial charge on any atom is -0.493 e. The van der Waals surface area contributed by atoms with Crippen LogP contribution in [0.25, 0.3) is 0 Å². The molecule has 0 aliphatic carbocycles. The molecule has 1 amide bonds. The molecule has 168 valence electrons. The summed E-state index contributed by atoms with van der Waals surface area (Å²) in [6.45, 7) is 5.88. The predicted molar refractivity (Wildman–Crippen MR) is 117 cm³/mol. The minimum absolute atomic E-state index is 0.0987. The molecule has 2 aliphatic rings. The number of amides is 1. The highest BCUT2D eigenvalue weighted by atomic mass is 32.1. The molecule has 0 radical (unpaired) electrons. The van der Waals surface area contributed by atoms with E-state index < -0.39 is 12.0 Å². The van der Waals surface area contributed by atoms with E-state index in [1.807, 2.05) is 0 Å². The lowest BCUT2D eigenvalue weighted by Crippen LogP contribution is -2.45. The number of hydrogen-bond acceptors (Lipinski definition) is 7. The summed E-state index contributed by atoms with van der Waals surface area (Å²) in [6.07, 6.45) is 0. The van der Waals surface area contributed by atoms with Gasteiger partial charge in [0.05, 0.1) is 38.5 Å². The molecule has 1 fully saturated rings. The topological polar surface area (TPSA) is 98.4 Å². The highest BCUT2D eigenvalue weighted by Crippen LogP contribution is 2.34. The first-order chi connectivity index (χ1) is 14.9. The minimum atomic E-state index is -0.509. The van der Waals surface area contributed by atoms with Crippen LogP contribution in [0, 0.1) is 0 Å². The third-order valence-corrected chi connectivity index (χ3v) is 5.22. The third-order valence-electron chi connectivity index (χ3n) is 5.00. The highest BCUT2D eigenvalue weighted by molar-refractivity contribution is 7.80. The van der Waals surface area contributed by atoms with Crippen molar-refractivity contribution in [3.05, 3.63) is 35.0 Å². The molecule has 1 saturated heterocycles.